The van der Waals surface area contributed by atoms with Crippen molar-refractivity contribution in [1.29, 1.82) is 0 Å². The summed E-state index contributed by atoms with van der Waals surface area (Å²) >= 11 is 0. The van der Waals surface area contributed by atoms with E-state index < -0.39 is 6.16 Å². The van der Waals surface area contributed by atoms with E-state index in [0.29, 0.717) is 13.2 Å². The van der Waals surface area contributed by atoms with Gasteiger partial charge in [0.15, 0.2) is 0 Å². The first kappa shape index (κ1) is 30.0. The molecule has 0 aromatic heterocycles. The molecule has 0 spiro atoms. The van der Waals surface area contributed by atoms with Gasteiger partial charge >= 0.3 is 6.16 Å². The molecule has 0 atom stereocenters. The van der Waals surface area contributed by atoms with Gasteiger partial charge in [-0.15, -0.1) is 0 Å². The van der Waals surface area contributed by atoms with Crippen molar-refractivity contribution in [2.75, 3.05) is 13.2 Å². The molecule has 0 rings (SSSR count). The second-order valence-electron chi connectivity index (χ2n) is 9.01. The van der Waals surface area contributed by atoms with Crippen molar-refractivity contribution >= 4 is 6.16 Å². The van der Waals surface area contributed by atoms with Crippen LogP contribution in [0.25, 0.3) is 0 Å². The summed E-state index contributed by atoms with van der Waals surface area (Å²) in [6.45, 7) is 5.50. The Balaban J connectivity index is 3.17. The minimum Gasteiger partial charge on any atom is -0.434 e. The number of carbonyl (C=O) groups excluding carboxylic acids is 1. The van der Waals surface area contributed by atoms with Gasteiger partial charge in [0.2, 0.25) is 0 Å². The smallest absolute Gasteiger partial charge is 0.434 e. The van der Waals surface area contributed by atoms with Gasteiger partial charge in [0, 0.05) is 0 Å². The number of carbonyl (C=O) groups is 1. The highest BCUT2D eigenvalue weighted by Crippen LogP contribution is 2.11. The van der Waals surface area contributed by atoms with E-state index in [0.717, 1.165) is 25.7 Å². The second-order valence-corrected chi connectivity index (χ2v) is 9.01. The summed E-state index contributed by atoms with van der Waals surface area (Å²) in [5, 5.41) is 0. The SMILES string of the molecule is CCCCC=CCCCCCCCCOC(=O)OCCCCCCCCCCCCC. The summed E-state index contributed by atoms with van der Waals surface area (Å²) in [5.41, 5.74) is 0. The predicted octanol–water partition coefficient (Wildman–Crippen LogP) is 9.93. The fourth-order valence-electron chi connectivity index (χ4n) is 3.75. The molecular formula is C28H54O3. The first-order valence-corrected chi connectivity index (χ1v) is 13.8. The summed E-state index contributed by atoms with van der Waals surface area (Å²) in [6, 6.07) is 0. The fourth-order valence-corrected chi connectivity index (χ4v) is 3.75. The molecule has 0 saturated heterocycles. The van der Waals surface area contributed by atoms with E-state index in [1.165, 1.54) is 109 Å². The third-order valence-electron chi connectivity index (χ3n) is 5.84. The fraction of sp³-hybridized carbons (Fsp3) is 0.893. The van der Waals surface area contributed by atoms with Gasteiger partial charge in [-0.3, -0.25) is 0 Å². The molecule has 0 N–H and O–H groups in total. The van der Waals surface area contributed by atoms with E-state index in [1.807, 2.05) is 0 Å². The Labute approximate surface area is 194 Å². The van der Waals surface area contributed by atoms with Gasteiger partial charge < -0.3 is 9.47 Å². The zero-order chi connectivity index (χ0) is 22.7. The van der Waals surface area contributed by atoms with E-state index in [2.05, 4.69) is 26.0 Å². The molecule has 0 unspecified atom stereocenters. The summed E-state index contributed by atoms with van der Waals surface area (Å²) in [7, 11) is 0. The lowest BCUT2D eigenvalue weighted by Crippen LogP contribution is -2.09. The van der Waals surface area contributed by atoms with Crippen LogP contribution in [-0.4, -0.2) is 19.4 Å². The zero-order valence-corrected chi connectivity index (χ0v) is 21.1. The largest absolute Gasteiger partial charge is 0.508 e. The minimum absolute atomic E-state index is 0.484. The van der Waals surface area contributed by atoms with E-state index in [-0.39, 0.29) is 0 Å². The van der Waals surface area contributed by atoms with Crippen LogP contribution in [0.4, 0.5) is 4.79 Å². The van der Waals surface area contributed by atoms with E-state index in [9.17, 15) is 4.79 Å². The molecule has 0 aromatic carbocycles. The Morgan fingerprint density at radius 2 is 0.839 bits per heavy atom. The van der Waals surface area contributed by atoms with Crippen molar-refractivity contribution in [3.8, 4) is 0 Å². The lowest BCUT2D eigenvalue weighted by Gasteiger charge is -2.06. The molecule has 0 radical (unpaired) electrons. The van der Waals surface area contributed by atoms with Crippen LogP contribution in [0, 0.1) is 0 Å². The van der Waals surface area contributed by atoms with Crippen molar-refractivity contribution < 1.29 is 14.3 Å². The standard InChI is InChI=1S/C28H54O3/c1-3-5-7-9-11-13-15-17-19-21-23-25-27-31-28(29)30-26-24-22-20-18-16-14-12-10-8-6-4-2/h9,11H,3-8,10,12-27H2,1-2H3. The maximum absolute atomic E-state index is 11.6. The summed E-state index contributed by atoms with van der Waals surface area (Å²) in [6.07, 6.45) is 30.8. The number of unbranched alkanes of at least 4 members (excludes halogenated alkanes) is 18. The summed E-state index contributed by atoms with van der Waals surface area (Å²) < 4.78 is 10.3. The monoisotopic (exact) mass is 438 g/mol. The van der Waals surface area contributed by atoms with Crippen molar-refractivity contribution in [3.63, 3.8) is 0 Å². The predicted molar refractivity (Wildman–Crippen MR) is 135 cm³/mol. The number of hydrogen-bond acceptors (Lipinski definition) is 3. The zero-order valence-electron chi connectivity index (χ0n) is 21.1. The minimum atomic E-state index is -0.484. The van der Waals surface area contributed by atoms with Gasteiger partial charge in [0.1, 0.15) is 0 Å². The van der Waals surface area contributed by atoms with Gasteiger partial charge in [0.25, 0.3) is 0 Å². The van der Waals surface area contributed by atoms with Gasteiger partial charge in [0.05, 0.1) is 13.2 Å². The normalized spacial score (nSPS) is 11.3. The van der Waals surface area contributed by atoms with Gasteiger partial charge in [-0.2, -0.15) is 0 Å². The maximum atomic E-state index is 11.6. The third kappa shape index (κ3) is 27.0. The van der Waals surface area contributed by atoms with Crippen LogP contribution in [0.5, 0.6) is 0 Å². The topological polar surface area (TPSA) is 35.5 Å². The van der Waals surface area contributed by atoms with Crippen LogP contribution in [0.3, 0.4) is 0 Å². The van der Waals surface area contributed by atoms with Gasteiger partial charge in [-0.1, -0.05) is 129 Å². The molecule has 0 bridgehead atoms. The molecule has 31 heavy (non-hydrogen) atoms. The average Bonchev–Trinajstić information content (AvgIpc) is 2.77. The second kappa shape index (κ2) is 27.0. The van der Waals surface area contributed by atoms with Crippen LogP contribution in [0.2, 0.25) is 0 Å². The van der Waals surface area contributed by atoms with Gasteiger partial charge in [-0.25, -0.2) is 4.79 Å². The Hall–Kier alpha value is -0.990. The lowest BCUT2D eigenvalue weighted by atomic mass is 10.1. The first-order valence-electron chi connectivity index (χ1n) is 13.8. The number of allylic oxidation sites excluding steroid dienone is 2. The van der Waals surface area contributed by atoms with Gasteiger partial charge in [-0.05, 0) is 32.1 Å². The highest BCUT2D eigenvalue weighted by atomic mass is 16.7. The van der Waals surface area contributed by atoms with E-state index >= 15 is 0 Å². The molecule has 184 valence electrons. The van der Waals surface area contributed by atoms with Crippen molar-refractivity contribution in [1.82, 2.24) is 0 Å². The average molecular weight is 439 g/mol. The third-order valence-corrected chi connectivity index (χ3v) is 5.84. The van der Waals surface area contributed by atoms with E-state index in [1.54, 1.807) is 0 Å². The van der Waals surface area contributed by atoms with Crippen molar-refractivity contribution in [2.45, 2.75) is 149 Å². The van der Waals surface area contributed by atoms with E-state index in [4.69, 9.17) is 9.47 Å². The molecular weight excluding hydrogens is 384 g/mol. The van der Waals surface area contributed by atoms with Crippen LogP contribution in [-0.2, 0) is 9.47 Å². The molecule has 0 amide bonds. The van der Waals surface area contributed by atoms with Crippen LogP contribution >= 0.6 is 0 Å². The quantitative estimate of drug-likeness (QED) is 0.0854. The maximum Gasteiger partial charge on any atom is 0.508 e. The Morgan fingerprint density at radius 1 is 0.484 bits per heavy atom. The molecule has 0 aliphatic carbocycles. The number of hydrogen-bond donors (Lipinski definition) is 0. The molecule has 0 saturated carbocycles. The van der Waals surface area contributed by atoms with Crippen LogP contribution in [0.15, 0.2) is 12.2 Å². The Kier molecular flexibility index (Phi) is 26.2. The highest BCUT2D eigenvalue weighted by molar-refractivity contribution is 5.59. The lowest BCUT2D eigenvalue weighted by molar-refractivity contribution is 0.0529. The summed E-state index contributed by atoms with van der Waals surface area (Å²) in [5.74, 6) is 0. The molecule has 0 aliphatic rings. The Morgan fingerprint density at radius 3 is 1.29 bits per heavy atom. The van der Waals surface area contributed by atoms with Crippen LogP contribution < -0.4 is 0 Å². The Bertz CT molecular complexity index is 378. The van der Waals surface area contributed by atoms with Crippen LogP contribution in [0.1, 0.15) is 149 Å². The molecule has 3 heteroatoms. The highest BCUT2D eigenvalue weighted by Gasteiger charge is 2.03. The molecule has 0 fully saturated rings. The number of rotatable bonds is 24. The number of ether oxygens (including phenoxy) is 2. The summed E-state index contributed by atoms with van der Waals surface area (Å²) in [4.78, 5) is 11.6. The first-order chi connectivity index (χ1) is 15.3. The molecule has 0 aliphatic heterocycles. The molecule has 3 nitrogen and oxygen atoms in total. The van der Waals surface area contributed by atoms with Crippen molar-refractivity contribution in [2.24, 2.45) is 0 Å². The van der Waals surface area contributed by atoms with Crippen molar-refractivity contribution in [3.05, 3.63) is 12.2 Å². The molecule has 0 heterocycles. The molecule has 0 aromatic rings.